The van der Waals surface area contributed by atoms with Gasteiger partial charge >= 0.3 is 0 Å². The van der Waals surface area contributed by atoms with Crippen molar-refractivity contribution in [1.82, 2.24) is 9.97 Å². The van der Waals surface area contributed by atoms with Crippen molar-refractivity contribution in [3.63, 3.8) is 0 Å². The molecule has 0 radical (unpaired) electrons. The van der Waals surface area contributed by atoms with Gasteiger partial charge in [-0.1, -0.05) is 12.2 Å². The Morgan fingerprint density at radius 2 is 2.16 bits per heavy atom. The lowest BCUT2D eigenvalue weighted by atomic mass is 10.1. The summed E-state index contributed by atoms with van der Waals surface area (Å²) in [5.41, 5.74) is 9.30. The molecule has 0 fully saturated rings. The van der Waals surface area contributed by atoms with Crippen LogP contribution in [0.2, 0.25) is 0 Å². The molecule has 0 aliphatic carbocycles. The molecule has 0 aromatic carbocycles. The van der Waals surface area contributed by atoms with Gasteiger partial charge < -0.3 is 11.1 Å². The first kappa shape index (κ1) is 13.9. The molecule has 2 aromatic heterocycles. The Balaban J connectivity index is 2.26. The van der Waals surface area contributed by atoms with Crippen LogP contribution < -0.4 is 11.1 Å². The highest BCUT2D eigenvalue weighted by molar-refractivity contribution is 7.80. The molecule has 0 saturated heterocycles. The number of nitrogens with zero attached hydrogens (tertiary/aromatic N) is 2. The van der Waals surface area contributed by atoms with Gasteiger partial charge in [0.05, 0.1) is 12.1 Å². The molecule has 6 heteroatoms. The maximum atomic E-state index is 5.78. The number of hydrogen-bond acceptors (Lipinski definition) is 5. The van der Waals surface area contributed by atoms with Gasteiger partial charge in [-0.3, -0.25) is 4.98 Å². The van der Waals surface area contributed by atoms with Crippen molar-refractivity contribution in [3.8, 4) is 0 Å². The van der Waals surface area contributed by atoms with Gasteiger partial charge in [0, 0.05) is 28.1 Å². The lowest BCUT2D eigenvalue weighted by Gasteiger charge is -2.13. The third-order valence-corrected chi connectivity index (χ3v) is 3.79. The topological polar surface area (TPSA) is 63.8 Å². The zero-order valence-electron chi connectivity index (χ0n) is 11.2. The standard InChI is InChI=1S/C13H16N4S2/c1-7-4-10(12(13(14)18)9(3)17-7)15-6-11-16-5-8(2)19-11/h4-5H,6H2,1-3H3,(H2,14,18)(H,15,17). The minimum Gasteiger partial charge on any atom is -0.389 e. The molecule has 0 saturated carbocycles. The monoisotopic (exact) mass is 292 g/mol. The van der Waals surface area contributed by atoms with Gasteiger partial charge in [0.2, 0.25) is 0 Å². The number of aryl methyl sites for hydroxylation is 3. The van der Waals surface area contributed by atoms with E-state index in [1.165, 1.54) is 4.88 Å². The number of thiazole rings is 1. The average molecular weight is 292 g/mol. The molecule has 0 aliphatic heterocycles. The minimum atomic E-state index is 0.364. The lowest BCUT2D eigenvalue weighted by Crippen LogP contribution is -2.16. The van der Waals surface area contributed by atoms with Gasteiger partial charge in [-0.25, -0.2) is 4.98 Å². The predicted octanol–water partition coefficient (Wildman–Crippen LogP) is 2.71. The van der Waals surface area contributed by atoms with Gasteiger partial charge in [0.15, 0.2) is 0 Å². The zero-order valence-corrected chi connectivity index (χ0v) is 12.8. The van der Waals surface area contributed by atoms with E-state index in [-0.39, 0.29) is 0 Å². The van der Waals surface area contributed by atoms with Crippen molar-refractivity contribution < 1.29 is 0 Å². The van der Waals surface area contributed by atoms with Crippen molar-refractivity contribution in [3.05, 3.63) is 39.1 Å². The van der Waals surface area contributed by atoms with Gasteiger partial charge in [-0.05, 0) is 26.8 Å². The molecule has 0 amide bonds. The summed E-state index contributed by atoms with van der Waals surface area (Å²) >= 11 is 6.78. The van der Waals surface area contributed by atoms with Crippen LogP contribution in [0.1, 0.15) is 26.8 Å². The van der Waals surface area contributed by atoms with Crippen molar-refractivity contribution in [2.24, 2.45) is 5.73 Å². The molecule has 2 rings (SSSR count). The number of rotatable bonds is 4. The molecule has 100 valence electrons. The lowest BCUT2D eigenvalue weighted by molar-refractivity contribution is 1.07. The average Bonchev–Trinajstić information content (AvgIpc) is 2.71. The number of aromatic nitrogens is 2. The number of hydrogen-bond donors (Lipinski definition) is 2. The van der Waals surface area contributed by atoms with E-state index < -0.39 is 0 Å². The molecular weight excluding hydrogens is 276 g/mol. The van der Waals surface area contributed by atoms with Crippen LogP contribution in [0.15, 0.2) is 12.3 Å². The van der Waals surface area contributed by atoms with Crippen LogP contribution in [0.4, 0.5) is 5.69 Å². The maximum absolute atomic E-state index is 5.78. The molecule has 19 heavy (non-hydrogen) atoms. The zero-order chi connectivity index (χ0) is 14.0. The molecule has 4 nitrogen and oxygen atoms in total. The third kappa shape index (κ3) is 3.27. The molecule has 3 N–H and O–H groups in total. The number of anilines is 1. The van der Waals surface area contributed by atoms with Gasteiger partial charge in [0.25, 0.3) is 0 Å². The number of nitrogens with two attached hydrogens (primary N) is 1. The summed E-state index contributed by atoms with van der Waals surface area (Å²) in [6.07, 6.45) is 1.87. The highest BCUT2D eigenvalue weighted by Crippen LogP contribution is 2.21. The van der Waals surface area contributed by atoms with E-state index in [1.807, 2.05) is 33.0 Å². The van der Waals surface area contributed by atoms with Crippen LogP contribution in [0.3, 0.4) is 0 Å². The molecule has 0 aliphatic rings. The highest BCUT2D eigenvalue weighted by Gasteiger charge is 2.11. The molecule has 0 spiro atoms. The van der Waals surface area contributed by atoms with Crippen molar-refractivity contribution >= 4 is 34.2 Å². The summed E-state index contributed by atoms with van der Waals surface area (Å²) in [4.78, 5) is 10.3. The van der Waals surface area contributed by atoms with Gasteiger partial charge in [-0.2, -0.15) is 0 Å². The summed E-state index contributed by atoms with van der Waals surface area (Å²) in [5, 5.41) is 4.39. The Morgan fingerprint density at radius 1 is 1.42 bits per heavy atom. The van der Waals surface area contributed by atoms with Gasteiger partial charge in [0.1, 0.15) is 10.00 Å². The Morgan fingerprint density at radius 3 is 2.74 bits per heavy atom. The van der Waals surface area contributed by atoms with Crippen LogP contribution >= 0.6 is 23.6 Å². The van der Waals surface area contributed by atoms with E-state index in [0.717, 1.165) is 27.6 Å². The van der Waals surface area contributed by atoms with E-state index in [9.17, 15) is 0 Å². The van der Waals surface area contributed by atoms with Crippen molar-refractivity contribution in [1.29, 1.82) is 0 Å². The summed E-state index contributed by atoms with van der Waals surface area (Å²) < 4.78 is 0. The SMILES string of the molecule is Cc1cc(NCc2ncc(C)s2)c(C(N)=S)c(C)n1. The Hall–Kier alpha value is -1.53. The third-order valence-electron chi connectivity index (χ3n) is 2.67. The second-order valence-electron chi connectivity index (χ2n) is 4.35. The Bertz CT molecular complexity index is 619. The quantitative estimate of drug-likeness (QED) is 0.848. The second kappa shape index (κ2) is 5.63. The van der Waals surface area contributed by atoms with Crippen LogP contribution in [0, 0.1) is 20.8 Å². The molecule has 2 aromatic rings. The molecule has 0 unspecified atom stereocenters. The molecule has 2 heterocycles. The fourth-order valence-electron chi connectivity index (χ4n) is 1.93. The van der Waals surface area contributed by atoms with Gasteiger partial charge in [-0.15, -0.1) is 11.3 Å². The minimum absolute atomic E-state index is 0.364. The predicted molar refractivity (Wildman–Crippen MR) is 83.8 cm³/mol. The molecular formula is C13H16N4S2. The van der Waals surface area contributed by atoms with Crippen molar-refractivity contribution in [2.45, 2.75) is 27.3 Å². The summed E-state index contributed by atoms with van der Waals surface area (Å²) in [7, 11) is 0. The van der Waals surface area contributed by atoms with E-state index in [1.54, 1.807) is 11.3 Å². The largest absolute Gasteiger partial charge is 0.389 e. The van der Waals surface area contributed by atoms with Crippen LogP contribution in [0.25, 0.3) is 0 Å². The smallest absolute Gasteiger partial charge is 0.112 e. The molecule has 0 atom stereocenters. The summed E-state index contributed by atoms with van der Waals surface area (Å²) in [6.45, 7) is 6.58. The number of pyridine rings is 1. The number of thiocarbonyl (C=S) groups is 1. The first-order chi connectivity index (χ1) is 8.97. The van der Waals surface area contributed by atoms with Crippen LogP contribution in [-0.4, -0.2) is 15.0 Å². The molecule has 0 bridgehead atoms. The first-order valence-corrected chi connectivity index (χ1v) is 7.13. The summed E-state index contributed by atoms with van der Waals surface area (Å²) in [6, 6.07) is 1.96. The second-order valence-corrected chi connectivity index (χ2v) is 6.11. The van der Waals surface area contributed by atoms with Crippen LogP contribution in [-0.2, 0) is 6.54 Å². The van der Waals surface area contributed by atoms with E-state index >= 15 is 0 Å². The van der Waals surface area contributed by atoms with Crippen molar-refractivity contribution in [2.75, 3.05) is 5.32 Å². The normalized spacial score (nSPS) is 10.5. The van der Waals surface area contributed by atoms with Crippen LogP contribution in [0.5, 0.6) is 0 Å². The maximum Gasteiger partial charge on any atom is 0.112 e. The first-order valence-electron chi connectivity index (χ1n) is 5.90. The number of nitrogens with one attached hydrogen (secondary N) is 1. The summed E-state index contributed by atoms with van der Waals surface area (Å²) in [5.74, 6) is 0. The Labute approximate surface area is 122 Å². The fraction of sp³-hybridized carbons (Fsp3) is 0.308. The van der Waals surface area contributed by atoms with E-state index in [0.29, 0.717) is 11.5 Å². The highest BCUT2D eigenvalue weighted by atomic mass is 32.1. The van der Waals surface area contributed by atoms with E-state index in [2.05, 4.69) is 15.3 Å². The van der Waals surface area contributed by atoms with E-state index in [4.69, 9.17) is 18.0 Å². The Kier molecular flexibility index (Phi) is 4.11. The fourth-order valence-corrected chi connectivity index (χ4v) is 2.92.